The average molecular weight is 526 g/mol. The van der Waals surface area contributed by atoms with Gasteiger partial charge in [0.05, 0.1) is 17.7 Å². The molecule has 2 heterocycles. The molecule has 2 fully saturated rings. The van der Waals surface area contributed by atoms with E-state index in [0.29, 0.717) is 55.1 Å². The van der Waals surface area contributed by atoms with Crippen molar-refractivity contribution in [3.8, 4) is 6.07 Å². The van der Waals surface area contributed by atoms with Gasteiger partial charge >= 0.3 is 0 Å². The highest BCUT2D eigenvalue weighted by molar-refractivity contribution is 5.89. The largest absolute Gasteiger partial charge is 0.393 e. The van der Waals surface area contributed by atoms with Crippen molar-refractivity contribution < 1.29 is 18.7 Å². The summed E-state index contributed by atoms with van der Waals surface area (Å²) in [5.41, 5.74) is 1.50. The van der Waals surface area contributed by atoms with Gasteiger partial charge in [0, 0.05) is 25.7 Å². The predicted octanol–water partition coefficient (Wildman–Crippen LogP) is 5.75. The van der Waals surface area contributed by atoms with E-state index in [-0.39, 0.29) is 0 Å². The summed E-state index contributed by atoms with van der Waals surface area (Å²) in [5.74, 6) is -0.511. The van der Waals surface area contributed by atoms with E-state index in [1.54, 1.807) is 26.0 Å². The van der Waals surface area contributed by atoms with E-state index in [9.17, 15) is 23.9 Å². The molecule has 1 amide bonds. The zero-order valence-corrected chi connectivity index (χ0v) is 22.9. The first kappa shape index (κ1) is 29.7. The highest BCUT2D eigenvalue weighted by atomic mass is 19.1. The van der Waals surface area contributed by atoms with Crippen LogP contribution in [0, 0.1) is 17.2 Å². The summed E-state index contributed by atoms with van der Waals surface area (Å²) >= 11 is 0. The molecule has 7 heteroatoms. The Hall–Kier alpha value is -2.82. The summed E-state index contributed by atoms with van der Waals surface area (Å²) in [6.07, 6.45) is 10.3. The minimum absolute atomic E-state index is 0.407. The Kier molecular flexibility index (Phi) is 10.8. The number of carbonyl (C=O) groups excluding carboxylic acids is 1. The van der Waals surface area contributed by atoms with Crippen LogP contribution in [0.15, 0.2) is 48.3 Å². The molecule has 5 nitrogen and oxygen atoms in total. The van der Waals surface area contributed by atoms with Crippen LogP contribution in [-0.4, -0.2) is 65.3 Å². The topological polar surface area (TPSA) is 67.6 Å². The van der Waals surface area contributed by atoms with Crippen LogP contribution >= 0.6 is 0 Å². The number of aliphatic hydroxyl groups excluding tert-OH is 1. The minimum atomic E-state index is -1.17. The molecule has 38 heavy (non-hydrogen) atoms. The third-order valence-corrected chi connectivity index (χ3v) is 7.34. The molecule has 2 aliphatic rings. The van der Waals surface area contributed by atoms with E-state index in [2.05, 4.69) is 11.0 Å². The second-order valence-corrected chi connectivity index (χ2v) is 11.2. The van der Waals surface area contributed by atoms with Crippen molar-refractivity contribution in [1.29, 1.82) is 5.26 Å². The normalized spacial score (nSPS) is 19.2. The van der Waals surface area contributed by atoms with Crippen LogP contribution in [0.5, 0.6) is 0 Å². The lowest BCUT2D eigenvalue weighted by atomic mass is 9.89. The summed E-state index contributed by atoms with van der Waals surface area (Å²) in [5, 5.41) is 19.5. The molecule has 0 unspecified atom stereocenters. The van der Waals surface area contributed by atoms with Crippen molar-refractivity contribution in [1.82, 2.24) is 9.80 Å². The van der Waals surface area contributed by atoms with Crippen LogP contribution in [0.2, 0.25) is 0 Å². The van der Waals surface area contributed by atoms with Gasteiger partial charge in [-0.05, 0) is 107 Å². The summed E-state index contributed by atoms with van der Waals surface area (Å²) in [6.45, 7) is 8.19. The van der Waals surface area contributed by atoms with Gasteiger partial charge in [-0.2, -0.15) is 5.26 Å². The number of allylic oxidation sites excluding steroid dienone is 5. The Morgan fingerprint density at radius 3 is 2.45 bits per heavy atom. The molecule has 0 radical (unpaired) electrons. The van der Waals surface area contributed by atoms with Crippen LogP contribution in [0.25, 0.3) is 5.57 Å². The minimum Gasteiger partial charge on any atom is -0.393 e. The van der Waals surface area contributed by atoms with Gasteiger partial charge in [0.2, 0.25) is 5.91 Å². The van der Waals surface area contributed by atoms with E-state index in [4.69, 9.17) is 0 Å². The second kappa shape index (κ2) is 13.8. The maximum Gasteiger partial charge on any atom is 0.249 e. The fourth-order valence-electron chi connectivity index (χ4n) is 5.31. The first-order valence-corrected chi connectivity index (χ1v) is 13.7. The van der Waals surface area contributed by atoms with Crippen LogP contribution in [0.3, 0.4) is 0 Å². The zero-order chi connectivity index (χ0) is 27.7. The molecule has 2 saturated heterocycles. The summed E-state index contributed by atoms with van der Waals surface area (Å²) in [4.78, 5) is 16.2. The first-order chi connectivity index (χ1) is 18.1. The maximum absolute atomic E-state index is 14.9. The number of amides is 1. The number of alkyl halides is 1. The number of carbonyl (C=O) groups is 1. The van der Waals surface area contributed by atoms with Crippen molar-refractivity contribution in [3.63, 3.8) is 0 Å². The summed E-state index contributed by atoms with van der Waals surface area (Å²) < 4.78 is 28.8. The van der Waals surface area contributed by atoms with Gasteiger partial charge in [-0.3, -0.25) is 4.79 Å². The van der Waals surface area contributed by atoms with E-state index in [1.807, 2.05) is 25.1 Å². The molecule has 0 bridgehead atoms. The van der Waals surface area contributed by atoms with Gasteiger partial charge in [0.1, 0.15) is 11.5 Å². The maximum atomic E-state index is 14.9. The summed E-state index contributed by atoms with van der Waals surface area (Å²) in [6, 6.07) is 7.97. The molecule has 2 aliphatic heterocycles. The molecule has 206 valence electrons. The van der Waals surface area contributed by atoms with Crippen molar-refractivity contribution in [3.05, 3.63) is 65.0 Å². The van der Waals surface area contributed by atoms with Crippen molar-refractivity contribution in [2.75, 3.05) is 32.7 Å². The molecule has 1 aromatic rings. The number of aliphatic hydroxyl groups is 1. The van der Waals surface area contributed by atoms with Crippen LogP contribution in [-0.2, 0) is 11.2 Å². The standard InChI is InChI=1S/C31H41F2N3O2/c1-4-5-25(19-27(32)20-30(38)36-16-12-28(37)13-17-36)29-9-8-24(18-26(29)21-34)7-6-23-10-14-35(15-11-23)22-31(2,3)33/h4-5,8-9,18-20,23,28,37H,6-7,10-17,22H2,1-3H3/b5-4-,25-19+,27-20-. The number of aryl methyl sites for hydroxylation is 1. The van der Waals surface area contributed by atoms with Crippen molar-refractivity contribution in [2.45, 2.75) is 71.1 Å². The van der Waals surface area contributed by atoms with Crippen LogP contribution in [0.1, 0.15) is 69.6 Å². The van der Waals surface area contributed by atoms with Gasteiger partial charge in [0.15, 0.2) is 0 Å². The summed E-state index contributed by atoms with van der Waals surface area (Å²) in [7, 11) is 0. The fraction of sp³-hybridized carbons (Fsp3) is 0.548. The third kappa shape index (κ3) is 9.18. The van der Waals surface area contributed by atoms with Gasteiger partial charge in [0.25, 0.3) is 0 Å². The third-order valence-electron chi connectivity index (χ3n) is 7.34. The number of hydrogen-bond donors (Lipinski definition) is 1. The highest BCUT2D eigenvalue weighted by Crippen LogP contribution is 2.27. The number of halogens is 2. The number of piperidine rings is 2. The Bertz CT molecular complexity index is 1080. The van der Waals surface area contributed by atoms with E-state index in [1.165, 1.54) is 11.0 Å². The monoisotopic (exact) mass is 525 g/mol. The SMILES string of the molecule is C\C=C/C(=C\C(F)=C\C(=O)N1CCC(O)CC1)c1ccc(CCC2CCN(CC(C)(C)F)CC2)cc1C#N. The van der Waals surface area contributed by atoms with Crippen molar-refractivity contribution in [2.24, 2.45) is 5.92 Å². The number of hydrogen-bond acceptors (Lipinski definition) is 4. The smallest absolute Gasteiger partial charge is 0.249 e. The Morgan fingerprint density at radius 2 is 1.84 bits per heavy atom. The Balaban J connectivity index is 1.65. The molecule has 0 atom stereocenters. The molecule has 0 spiro atoms. The predicted molar refractivity (Wildman–Crippen MR) is 148 cm³/mol. The number of nitriles is 1. The van der Waals surface area contributed by atoms with Crippen LogP contribution < -0.4 is 0 Å². The molecule has 1 N–H and O–H groups in total. The quantitative estimate of drug-likeness (QED) is 0.329. The molecule has 0 aromatic heterocycles. The number of benzene rings is 1. The van der Waals surface area contributed by atoms with Gasteiger partial charge in [-0.1, -0.05) is 24.3 Å². The van der Waals surface area contributed by atoms with Gasteiger partial charge in [-0.15, -0.1) is 0 Å². The van der Waals surface area contributed by atoms with Gasteiger partial charge < -0.3 is 14.9 Å². The lowest BCUT2D eigenvalue weighted by Gasteiger charge is -2.34. The molecule has 1 aromatic carbocycles. The van der Waals surface area contributed by atoms with E-state index < -0.39 is 23.5 Å². The molecule has 3 rings (SSSR count). The lowest BCUT2D eigenvalue weighted by molar-refractivity contribution is -0.128. The molecular formula is C31H41F2N3O2. The fourth-order valence-corrected chi connectivity index (χ4v) is 5.31. The number of nitrogens with zero attached hydrogens (tertiary/aromatic N) is 3. The van der Waals surface area contributed by atoms with Crippen molar-refractivity contribution >= 4 is 11.5 Å². The zero-order valence-electron chi connectivity index (χ0n) is 22.9. The molecular weight excluding hydrogens is 484 g/mol. The van der Waals surface area contributed by atoms with E-state index in [0.717, 1.165) is 50.4 Å². The van der Waals surface area contributed by atoms with Gasteiger partial charge in [-0.25, -0.2) is 8.78 Å². The Labute approximate surface area is 226 Å². The lowest BCUT2D eigenvalue weighted by Crippen LogP contribution is -2.41. The van der Waals surface area contributed by atoms with Crippen LogP contribution in [0.4, 0.5) is 8.78 Å². The second-order valence-electron chi connectivity index (χ2n) is 11.2. The number of rotatable bonds is 9. The highest BCUT2D eigenvalue weighted by Gasteiger charge is 2.25. The number of likely N-dealkylation sites (tertiary alicyclic amines) is 2. The first-order valence-electron chi connectivity index (χ1n) is 13.7. The van der Waals surface area contributed by atoms with E-state index >= 15 is 0 Å². The molecule has 0 aliphatic carbocycles. The Morgan fingerprint density at radius 1 is 1.16 bits per heavy atom. The molecule has 0 saturated carbocycles. The average Bonchev–Trinajstić information content (AvgIpc) is 2.87.